The summed E-state index contributed by atoms with van der Waals surface area (Å²) in [6, 6.07) is 14.7. The molecule has 29 heavy (non-hydrogen) atoms. The van der Waals surface area contributed by atoms with E-state index in [1.807, 2.05) is 24.4 Å². The molecule has 5 heteroatoms. The number of benzene rings is 2. The van der Waals surface area contributed by atoms with Crippen molar-refractivity contribution >= 4 is 22.8 Å². The topological polar surface area (TPSA) is 39.9 Å². The average molecular weight is 404 g/mol. The van der Waals surface area contributed by atoms with Gasteiger partial charge in [0.15, 0.2) is 5.16 Å². The van der Waals surface area contributed by atoms with E-state index in [0.29, 0.717) is 0 Å². The van der Waals surface area contributed by atoms with Crippen LogP contribution in [0, 0.1) is 20.8 Å². The molecule has 2 heterocycles. The molecule has 0 saturated heterocycles. The number of ether oxygens (including phenoxy) is 1. The highest BCUT2D eigenvalue weighted by molar-refractivity contribution is 7.98. The van der Waals surface area contributed by atoms with Crippen LogP contribution in [0.4, 0.5) is 0 Å². The maximum Gasteiger partial charge on any atom is 0.169 e. The molecule has 0 radical (unpaired) electrons. The van der Waals surface area contributed by atoms with Crippen molar-refractivity contribution in [3.05, 3.63) is 82.7 Å². The van der Waals surface area contributed by atoms with Crippen LogP contribution in [0.1, 0.15) is 27.8 Å². The van der Waals surface area contributed by atoms with Gasteiger partial charge < -0.3 is 9.30 Å². The maximum atomic E-state index is 5.36. The second kappa shape index (κ2) is 8.29. The molecule has 0 N–H and O–H groups in total. The number of imidazole rings is 1. The van der Waals surface area contributed by atoms with Gasteiger partial charge in [-0.1, -0.05) is 41.6 Å². The predicted octanol–water partition coefficient (Wildman–Crippen LogP) is 5.71. The lowest BCUT2D eigenvalue weighted by Crippen LogP contribution is -2.06. The fourth-order valence-corrected chi connectivity index (χ4v) is 4.70. The number of hydrogen-bond donors (Lipinski definition) is 0. The summed E-state index contributed by atoms with van der Waals surface area (Å²) >= 11 is 1.75. The van der Waals surface area contributed by atoms with Crippen LogP contribution in [0.3, 0.4) is 0 Å². The Bertz CT molecular complexity index is 1140. The maximum absolute atomic E-state index is 5.36. The molecule has 4 nitrogen and oxygen atoms in total. The number of pyridine rings is 1. The first-order chi connectivity index (χ1) is 14.0. The van der Waals surface area contributed by atoms with Gasteiger partial charge in [-0.3, -0.25) is 4.98 Å². The first-order valence-electron chi connectivity index (χ1n) is 9.68. The molecule has 0 aliphatic rings. The fraction of sp³-hybridized carbons (Fsp3) is 0.250. The number of methoxy groups -OCH3 is 1. The smallest absolute Gasteiger partial charge is 0.169 e. The lowest BCUT2D eigenvalue weighted by atomic mass is 10.00. The SMILES string of the molecule is COc1cccc(CSc2nc3ccncc3n2Cc2c(C)cc(C)cc2C)c1. The highest BCUT2D eigenvalue weighted by Crippen LogP contribution is 2.29. The first-order valence-corrected chi connectivity index (χ1v) is 10.7. The molecule has 0 aliphatic heterocycles. The molecule has 4 aromatic rings. The molecular weight excluding hydrogens is 378 g/mol. The quantitative estimate of drug-likeness (QED) is 0.387. The van der Waals surface area contributed by atoms with Gasteiger partial charge in [0.25, 0.3) is 0 Å². The summed E-state index contributed by atoms with van der Waals surface area (Å²) in [5, 5.41) is 1.01. The van der Waals surface area contributed by atoms with Gasteiger partial charge in [0.2, 0.25) is 0 Å². The summed E-state index contributed by atoms with van der Waals surface area (Å²) in [4.78, 5) is 9.24. The molecule has 0 saturated carbocycles. The lowest BCUT2D eigenvalue weighted by molar-refractivity contribution is 0.414. The van der Waals surface area contributed by atoms with E-state index in [1.165, 1.54) is 27.8 Å². The Kier molecular flexibility index (Phi) is 5.58. The average Bonchev–Trinajstić information content (AvgIpc) is 3.06. The van der Waals surface area contributed by atoms with E-state index in [9.17, 15) is 0 Å². The van der Waals surface area contributed by atoms with Gasteiger partial charge in [-0.25, -0.2) is 4.98 Å². The minimum atomic E-state index is 0.792. The van der Waals surface area contributed by atoms with E-state index >= 15 is 0 Å². The standard InChI is InChI=1S/C24H25N3OS/c1-16-10-17(2)21(18(3)11-16)14-27-23-13-25-9-8-22(23)26-24(27)29-15-19-6-5-7-20(12-19)28-4/h5-13H,14-15H2,1-4H3. The van der Waals surface area contributed by atoms with Crippen molar-refractivity contribution in [1.29, 1.82) is 0 Å². The van der Waals surface area contributed by atoms with Gasteiger partial charge in [0.05, 0.1) is 30.9 Å². The highest BCUT2D eigenvalue weighted by Gasteiger charge is 2.14. The van der Waals surface area contributed by atoms with E-state index in [2.05, 4.69) is 54.6 Å². The van der Waals surface area contributed by atoms with Crippen LogP contribution < -0.4 is 4.74 Å². The van der Waals surface area contributed by atoms with Crippen LogP contribution in [-0.4, -0.2) is 21.6 Å². The Morgan fingerprint density at radius 2 is 1.83 bits per heavy atom. The van der Waals surface area contributed by atoms with Crippen LogP contribution in [0.25, 0.3) is 11.0 Å². The largest absolute Gasteiger partial charge is 0.497 e. The summed E-state index contributed by atoms with van der Waals surface area (Å²) in [5.74, 6) is 1.71. The molecule has 0 atom stereocenters. The number of aromatic nitrogens is 3. The van der Waals surface area contributed by atoms with Crippen LogP contribution in [-0.2, 0) is 12.3 Å². The second-order valence-electron chi connectivity index (χ2n) is 7.36. The van der Waals surface area contributed by atoms with Gasteiger partial charge >= 0.3 is 0 Å². The van der Waals surface area contributed by atoms with E-state index in [0.717, 1.165) is 34.2 Å². The van der Waals surface area contributed by atoms with E-state index < -0.39 is 0 Å². The van der Waals surface area contributed by atoms with E-state index in [1.54, 1.807) is 25.1 Å². The van der Waals surface area contributed by atoms with Gasteiger partial charge in [-0.15, -0.1) is 0 Å². The number of fused-ring (bicyclic) bond motifs is 1. The fourth-order valence-electron chi connectivity index (χ4n) is 3.74. The van der Waals surface area contributed by atoms with Crippen molar-refractivity contribution in [1.82, 2.24) is 14.5 Å². The molecule has 0 fully saturated rings. The van der Waals surface area contributed by atoms with Gasteiger partial charge in [0, 0.05) is 11.9 Å². The molecule has 4 rings (SSSR count). The molecule has 0 unspecified atom stereocenters. The van der Waals surface area contributed by atoms with Crippen LogP contribution in [0.2, 0.25) is 0 Å². The predicted molar refractivity (Wildman–Crippen MR) is 120 cm³/mol. The minimum absolute atomic E-state index is 0.792. The van der Waals surface area contributed by atoms with Crippen molar-refractivity contribution in [3.63, 3.8) is 0 Å². The van der Waals surface area contributed by atoms with Gasteiger partial charge in [-0.2, -0.15) is 0 Å². The van der Waals surface area contributed by atoms with Crippen molar-refractivity contribution in [3.8, 4) is 5.75 Å². The Morgan fingerprint density at radius 3 is 2.59 bits per heavy atom. The van der Waals surface area contributed by atoms with Crippen molar-refractivity contribution in [2.75, 3.05) is 7.11 Å². The number of aryl methyl sites for hydroxylation is 3. The van der Waals surface area contributed by atoms with Crippen LogP contribution >= 0.6 is 11.8 Å². The minimum Gasteiger partial charge on any atom is -0.497 e. The van der Waals surface area contributed by atoms with Crippen molar-refractivity contribution in [2.45, 2.75) is 38.2 Å². The Morgan fingerprint density at radius 1 is 1.03 bits per heavy atom. The van der Waals surface area contributed by atoms with Crippen LogP contribution in [0.5, 0.6) is 5.75 Å². The monoisotopic (exact) mass is 403 g/mol. The zero-order chi connectivity index (χ0) is 20.4. The van der Waals surface area contributed by atoms with E-state index in [4.69, 9.17) is 9.72 Å². The highest BCUT2D eigenvalue weighted by atomic mass is 32.2. The first kappa shape index (κ1) is 19.5. The Labute approximate surface area is 176 Å². The molecule has 2 aromatic carbocycles. The number of nitrogens with zero attached hydrogens (tertiary/aromatic N) is 3. The third kappa shape index (κ3) is 4.15. The normalized spacial score (nSPS) is 11.2. The van der Waals surface area contributed by atoms with Gasteiger partial charge in [0.1, 0.15) is 5.75 Å². The summed E-state index contributed by atoms with van der Waals surface area (Å²) in [6.45, 7) is 7.32. The lowest BCUT2D eigenvalue weighted by Gasteiger charge is -2.15. The van der Waals surface area contributed by atoms with Gasteiger partial charge in [-0.05, 0) is 61.2 Å². The molecule has 0 aliphatic carbocycles. The van der Waals surface area contributed by atoms with Crippen molar-refractivity contribution in [2.24, 2.45) is 0 Å². The molecule has 148 valence electrons. The number of thioether (sulfide) groups is 1. The number of rotatable bonds is 6. The summed E-state index contributed by atoms with van der Waals surface area (Å²) < 4.78 is 7.64. The van der Waals surface area contributed by atoms with Crippen molar-refractivity contribution < 1.29 is 4.74 Å². The molecular formula is C24H25N3OS. The molecule has 0 spiro atoms. The second-order valence-corrected chi connectivity index (χ2v) is 8.30. The van der Waals surface area contributed by atoms with E-state index in [-0.39, 0.29) is 0 Å². The zero-order valence-corrected chi connectivity index (χ0v) is 18.1. The third-order valence-electron chi connectivity index (χ3n) is 5.17. The summed E-state index contributed by atoms with van der Waals surface area (Å²) in [7, 11) is 1.70. The Hall–Kier alpha value is -2.79. The summed E-state index contributed by atoms with van der Waals surface area (Å²) in [5.41, 5.74) is 8.55. The third-order valence-corrected chi connectivity index (χ3v) is 6.22. The molecule has 2 aromatic heterocycles. The van der Waals surface area contributed by atoms with Crippen LogP contribution in [0.15, 0.2) is 60.0 Å². The zero-order valence-electron chi connectivity index (χ0n) is 17.3. The summed E-state index contributed by atoms with van der Waals surface area (Å²) in [6.07, 6.45) is 3.72. The molecule has 0 amide bonds. The molecule has 0 bridgehead atoms. The Balaban J connectivity index is 1.69. The number of hydrogen-bond acceptors (Lipinski definition) is 4.